The maximum absolute atomic E-state index is 12.1. The van der Waals surface area contributed by atoms with Crippen LogP contribution in [0.4, 0.5) is 15.3 Å². The molecule has 9 nitrogen and oxygen atoms in total. The Morgan fingerprint density at radius 3 is 2.17 bits per heavy atom. The van der Waals surface area contributed by atoms with Crippen molar-refractivity contribution in [3.05, 3.63) is 35.5 Å². The van der Waals surface area contributed by atoms with Crippen LogP contribution in [-0.4, -0.2) is 47.4 Å². The van der Waals surface area contributed by atoms with Gasteiger partial charge in [-0.25, -0.2) is 9.59 Å². The molecule has 1 aromatic heterocycles. The Bertz CT molecular complexity index is 1010. The summed E-state index contributed by atoms with van der Waals surface area (Å²) in [5.74, 6) is -0.00598. The molecule has 0 aliphatic rings. The quantitative estimate of drug-likeness (QED) is 0.246. The zero-order chi connectivity index (χ0) is 26.1. The molecule has 1 aromatic carbocycles. The first-order valence-corrected chi connectivity index (χ1v) is 12.0. The van der Waals surface area contributed by atoms with Gasteiger partial charge in [-0.05, 0) is 85.1 Å². The lowest BCUT2D eigenvalue weighted by molar-refractivity contribution is 0.0545. The molecule has 0 bridgehead atoms. The minimum absolute atomic E-state index is 0.00598. The van der Waals surface area contributed by atoms with Crippen molar-refractivity contribution in [2.75, 3.05) is 18.4 Å². The number of hydrogen-bond acceptors (Lipinski definition) is 7. The topological polar surface area (TPSA) is 114 Å². The third kappa shape index (κ3) is 11.3. The Hall–Kier alpha value is -3.07. The van der Waals surface area contributed by atoms with E-state index in [0.717, 1.165) is 42.4 Å². The summed E-state index contributed by atoms with van der Waals surface area (Å²) in [5, 5.41) is 10.1. The molecule has 10 heteroatoms. The van der Waals surface area contributed by atoms with Crippen LogP contribution in [-0.2, 0) is 9.47 Å². The number of carbonyl (C=O) groups excluding carboxylic acids is 2. The molecule has 35 heavy (non-hydrogen) atoms. The van der Waals surface area contributed by atoms with Gasteiger partial charge in [-0.2, -0.15) is 0 Å². The van der Waals surface area contributed by atoms with E-state index in [4.69, 9.17) is 21.1 Å². The Labute approximate surface area is 212 Å². The number of nitrogens with zero attached hydrogens (tertiary/aromatic N) is 2. The van der Waals surface area contributed by atoms with Crippen LogP contribution in [0.25, 0.3) is 10.9 Å². The number of rotatable bonds is 7. The highest BCUT2D eigenvalue weighted by Gasteiger charge is 2.21. The molecule has 2 amide bonds. The fraction of sp³-hybridized carbons (Fsp3) is 0.520. The van der Waals surface area contributed by atoms with E-state index in [1.54, 1.807) is 47.7 Å². The van der Waals surface area contributed by atoms with Gasteiger partial charge in [0.25, 0.3) is 0 Å². The third-order valence-corrected chi connectivity index (χ3v) is 4.60. The number of amides is 2. The number of benzene rings is 1. The van der Waals surface area contributed by atoms with E-state index in [9.17, 15) is 9.59 Å². The van der Waals surface area contributed by atoms with Crippen molar-refractivity contribution in [1.29, 1.82) is 0 Å². The van der Waals surface area contributed by atoms with Gasteiger partial charge in [0.2, 0.25) is 5.96 Å². The van der Waals surface area contributed by atoms with E-state index < -0.39 is 23.4 Å². The van der Waals surface area contributed by atoms with Crippen molar-refractivity contribution >= 4 is 46.3 Å². The Kier molecular flexibility index (Phi) is 10.1. The molecule has 3 N–H and O–H groups in total. The smallest absolute Gasteiger partial charge is 0.414 e. The summed E-state index contributed by atoms with van der Waals surface area (Å²) in [7, 11) is 0. The second-order valence-corrected chi connectivity index (χ2v) is 10.4. The van der Waals surface area contributed by atoms with Gasteiger partial charge in [0.1, 0.15) is 11.2 Å². The van der Waals surface area contributed by atoms with E-state index in [1.807, 2.05) is 24.3 Å². The van der Waals surface area contributed by atoms with Gasteiger partial charge in [0.05, 0.1) is 5.52 Å². The van der Waals surface area contributed by atoms with Crippen molar-refractivity contribution in [1.82, 2.24) is 15.6 Å². The zero-order valence-electron chi connectivity index (χ0n) is 21.3. The summed E-state index contributed by atoms with van der Waals surface area (Å²) >= 11 is 6.05. The molecule has 0 aliphatic heterocycles. The first-order valence-electron chi connectivity index (χ1n) is 11.6. The molecule has 2 rings (SSSR count). The number of alkyl carbamates (subject to hydrolysis) is 2. The lowest BCUT2D eigenvalue weighted by atomic mass is 10.2. The minimum Gasteiger partial charge on any atom is -0.444 e. The predicted molar refractivity (Wildman–Crippen MR) is 140 cm³/mol. The van der Waals surface area contributed by atoms with Gasteiger partial charge in [-0.3, -0.25) is 20.6 Å². The second kappa shape index (κ2) is 12.6. The van der Waals surface area contributed by atoms with Gasteiger partial charge >= 0.3 is 12.2 Å². The first-order chi connectivity index (χ1) is 16.3. The molecule has 0 radical (unpaired) electrons. The van der Waals surface area contributed by atoms with Crippen molar-refractivity contribution in [2.24, 2.45) is 4.99 Å². The Balaban J connectivity index is 1.84. The van der Waals surface area contributed by atoms with Crippen LogP contribution in [0.2, 0.25) is 5.02 Å². The number of unbranched alkanes of at least 4 members (excludes halogenated alkanes) is 2. The summed E-state index contributed by atoms with van der Waals surface area (Å²) in [6.45, 7) is 11.7. The van der Waals surface area contributed by atoms with Crippen LogP contribution in [0.3, 0.4) is 0 Å². The molecule has 0 fully saturated rings. The molecule has 0 spiro atoms. The van der Waals surface area contributed by atoms with Gasteiger partial charge < -0.3 is 14.8 Å². The van der Waals surface area contributed by atoms with Crippen LogP contribution in [0.15, 0.2) is 35.5 Å². The second-order valence-electron chi connectivity index (χ2n) is 9.99. The van der Waals surface area contributed by atoms with E-state index >= 15 is 0 Å². The average molecular weight is 506 g/mol. The average Bonchev–Trinajstić information content (AvgIpc) is 2.69. The van der Waals surface area contributed by atoms with Crippen molar-refractivity contribution in [3.8, 4) is 0 Å². The Morgan fingerprint density at radius 1 is 0.943 bits per heavy atom. The van der Waals surface area contributed by atoms with Gasteiger partial charge in [0.15, 0.2) is 0 Å². The highest BCUT2D eigenvalue weighted by Crippen LogP contribution is 2.24. The van der Waals surface area contributed by atoms with E-state index in [2.05, 4.69) is 25.9 Å². The number of aromatic nitrogens is 1. The summed E-state index contributed by atoms with van der Waals surface area (Å²) in [6.07, 6.45) is 2.93. The van der Waals surface area contributed by atoms with Crippen molar-refractivity contribution in [3.63, 3.8) is 0 Å². The summed E-state index contributed by atoms with van der Waals surface area (Å²) < 4.78 is 10.5. The molecule has 1 heterocycles. The maximum Gasteiger partial charge on any atom is 0.414 e. The number of guanidine groups is 1. The molecular weight excluding hydrogens is 470 g/mol. The summed E-state index contributed by atoms with van der Waals surface area (Å²) in [6, 6.07) is 7.59. The monoisotopic (exact) mass is 505 g/mol. The van der Waals surface area contributed by atoms with Crippen LogP contribution < -0.4 is 16.0 Å². The van der Waals surface area contributed by atoms with E-state index in [1.165, 1.54) is 0 Å². The fourth-order valence-corrected chi connectivity index (χ4v) is 3.18. The SMILES string of the molecule is CC(C)(C)OC(=O)NC(=NCCCCCNc1ccnc2cc(Cl)ccc12)NC(=O)OC(C)(C)C. The number of carbonyl (C=O) groups is 2. The molecule has 192 valence electrons. The highest BCUT2D eigenvalue weighted by molar-refractivity contribution is 6.31. The molecule has 0 unspecified atom stereocenters. The van der Waals surface area contributed by atoms with Crippen LogP contribution in [0, 0.1) is 0 Å². The first kappa shape index (κ1) is 28.2. The number of halogens is 1. The summed E-state index contributed by atoms with van der Waals surface area (Å²) in [5.41, 5.74) is 0.496. The van der Waals surface area contributed by atoms with Crippen LogP contribution in [0.1, 0.15) is 60.8 Å². The lowest BCUT2D eigenvalue weighted by Crippen LogP contribution is -2.47. The predicted octanol–water partition coefficient (Wildman–Crippen LogP) is 5.88. The maximum atomic E-state index is 12.1. The number of hydrogen-bond donors (Lipinski definition) is 3. The Morgan fingerprint density at radius 2 is 1.57 bits per heavy atom. The van der Waals surface area contributed by atoms with Gasteiger partial charge in [-0.15, -0.1) is 0 Å². The number of aliphatic imine (C=N–C) groups is 1. The largest absolute Gasteiger partial charge is 0.444 e. The molecule has 2 aromatic rings. The minimum atomic E-state index is -0.706. The number of fused-ring (bicyclic) bond motifs is 1. The molecular formula is C25H36ClN5O4. The van der Waals surface area contributed by atoms with Gasteiger partial charge in [0, 0.05) is 35.4 Å². The molecule has 0 atom stereocenters. The molecule has 0 saturated heterocycles. The van der Waals surface area contributed by atoms with Crippen LogP contribution >= 0.6 is 11.6 Å². The third-order valence-electron chi connectivity index (χ3n) is 4.36. The number of pyridine rings is 1. The molecule has 0 aliphatic carbocycles. The summed E-state index contributed by atoms with van der Waals surface area (Å²) in [4.78, 5) is 32.9. The zero-order valence-corrected chi connectivity index (χ0v) is 22.1. The highest BCUT2D eigenvalue weighted by atomic mass is 35.5. The normalized spacial score (nSPS) is 11.5. The van der Waals surface area contributed by atoms with Crippen molar-refractivity contribution < 1.29 is 19.1 Å². The standard InChI is InChI=1S/C25H36ClN5O4/c1-24(2,3)34-22(32)30-21(31-23(33)35-25(4,5)6)29-14-9-7-8-13-27-19-12-15-28-20-16-17(26)10-11-18(19)20/h10-12,15-16H,7-9,13-14H2,1-6H3,(H,27,28)(H2,29,30,31,32,33). The van der Waals surface area contributed by atoms with Crippen molar-refractivity contribution in [2.45, 2.75) is 72.0 Å². The van der Waals surface area contributed by atoms with E-state index in [-0.39, 0.29) is 5.96 Å². The lowest BCUT2D eigenvalue weighted by Gasteiger charge is -2.22. The number of nitrogens with one attached hydrogen (secondary N) is 3. The fourth-order valence-electron chi connectivity index (χ4n) is 3.01. The molecule has 0 saturated carbocycles. The number of anilines is 1. The van der Waals surface area contributed by atoms with Gasteiger partial charge in [-0.1, -0.05) is 11.6 Å². The van der Waals surface area contributed by atoms with E-state index in [0.29, 0.717) is 11.6 Å². The van der Waals surface area contributed by atoms with Crippen LogP contribution in [0.5, 0.6) is 0 Å². The number of ether oxygens (including phenoxy) is 2.